The van der Waals surface area contributed by atoms with Crippen LogP contribution in [0.4, 0.5) is 4.39 Å². The van der Waals surface area contributed by atoms with Crippen molar-refractivity contribution in [2.75, 3.05) is 13.2 Å². The van der Waals surface area contributed by atoms with E-state index >= 15 is 0 Å². The van der Waals surface area contributed by atoms with Crippen LogP contribution in [0, 0.1) is 5.82 Å². The van der Waals surface area contributed by atoms with Gasteiger partial charge in [-0.25, -0.2) is 4.39 Å². The molecular formula is C21H21FN2O3. The average Bonchev–Trinajstić information content (AvgIpc) is 3.33. The molecular weight excluding hydrogens is 347 g/mol. The molecule has 2 bridgehead atoms. The molecule has 7 rings (SSSR count). The number of aromatic nitrogens is 1. The first kappa shape index (κ1) is 16.0. The summed E-state index contributed by atoms with van der Waals surface area (Å²) in [6.07, 6.45) is 3.78. The Morgan fingerprint density at radius 2 is 2.04 bits per heavy atom. The largest absolute Gasteiger partial charge is 0.375 e. The highest BCUT2D eigenvalue weighted by Gasteiger charge is 2.76. The number of hydrogen-bond donors (Lipinski definition) is 1. The number of hydrogen-bond acceptors (Lipinski definition) is 4. The van der Waals surface area contributed by atoms with E-state index in [1.807, 2.05) is 6.07 Å². The molecule has 1 spiro atoms. The Hall–Kier alpha value is -2.05. The third-order valence-corrected chi connectivity index (χ3v) is 6.72. The fraction of sp³-hybridized carbons (Fsp3) is 0.524. The SMILES string of the molecule is CC12CC(NC(=O)c3cc(C4CC4)nc4ccc(F)cc34)(C1)C1(COC1)O2. The number of ether oxygens (including phenoxy) is 2. The second kappa shape index (κ2) is 4.86. The van der Waals surface area contributed by atoms with E-state index in [1.54, 1.807) is 6.07 Å². The lowest BCUT2D eigenvalue weighted by Gasteiger charge is -2.50. The molecule has 3 saturated heterocycles. The summed E-state index contributed by atoms with van der Waals surface area (Å²) in [6.45, 7) is 3.12. The van der Waals surface area contributed by atoms with Gasteiger partial charge in [0.05, 0.1) is 35.4 Å². The van der Waals surface area contributed by atoms with Gasteiger partial charge in [0.25, 0.3) is 5.91 Å². The fourth-order valence-electron chi connectivity index (χ4n) is 5.29. The summed E-state index contributed by atoms with van der Waals surface area (Å²) in [5, 5.41) is 3.82. The van der Waals surface area contributed by atoms with Crippen LogP contribution < -0.4 is 5.32 Å². The summed E-state index contributed by atoms with van der Waals surface area (Å²) < 4.78 is 25.6. The summed E-state index contributed by atoms with van der Waals surface area (Å²) in [6, 6.07) is 6.31. The molecule has 0 radical (unpaired) electrons. The second-order valence-electron chi connectivity index (χ2n) is 8.96. The minimum atomic E-state index is -0.412. The highest BCUT2D eigenvalue weighted by atomic mass is 19.1. The molecule has 5 fully saturated rings. The Bertz CT molecular complexity index is 990. The third kappa shape index (κ3) is 2.11. The van der Waals surface area contributed by atoms with Gasteiger partial charge in [-0.1, -0.05) is 0 Å². The number of nitrogens with one attached hydrogen (secondary N) is 1. The number of amides is 1. The first-order valence-electron chi connectivity index (χ1n) is 9.62. The third-order valence-electron chi connectivity index (χ3n) is 6.72. The Labute approximate surface area is 156 Å². The number of halogens is 1. The monoisotopic (exact) mass is 368 g/mol. The first-order chi connectivity index (χ1) is 12.9. The fourth-order valence-corrected chi connectivity index (χ4v) is 5.29. The molecule has 5 nitrogen and oxygen atoms in total. The lowest BCUT2D eigenvalue weighted by molar-refractivity contribution is -0.205. The van der Waals surface area contributed by atoms with Crippen molar-refractivity contribution >= 4 is 16.8 Å². The molecule has 1 aromatic carbocycles. The Kier molecular flexibility index (Phi) is 2.87. The first-order valence-corrected chi connectivity index (χ1v) is 9.62. The van der Waals surface area contributed by atoms with Gasteiger partial charge < -0.3 is 14.8 Å². The van der Waals surface area contributed by atoms with Gasteiger partial charge in [-0.3, -0.25) is 9.78 Å². The smallest absolute Gasteiger partial charge is 0.252 e. The quantitative estimate of drug-likeness (QED) is 0.905. The number of benzene rings is 1. The van der Waals surface area contributed by atoms with E-state index in [0.717, 1.165) is 31.4 Å². The minimum absolute atomic E-state index is 0.172. The van der Waals surface area contributed by atoms with Crippen LogP contribution in [0.15, 0.2) is 24.3 Å². The van der Waals surface area contributed by atoms with Crippen molar-refractivity contribution in [2.24, 2.45) is 0 Å². The van der Waals surface area contributed by atoms with E-state index in [4.69, 9.17) is 9.47 Å². The maximum absolute atomic E-state index is 13.9. The highest BCUT2D eigenvalue weighted by Crippen LogP contribution is 2.62. The number of rotatable bonds is 3. The van der Waals surface area contributed by atoms with Gasteiger partial charge in [-0.2, -0.15) is 0 Å². The molecule has 27 heavy (non-hydrogen) atoms. The second-order valence-corrected chi connectivity index (χ2v) is 8.96. The van der Waals surface area contributed by atoms with E-state index in [0.29, 0.717) is 35.6 Å². The van der Waals surface area contributed by atoms with Crippen LogP contribution in [-0.4, -0.2) is 40.8 Å². The Morgan fingerprint density at radius 1 is 1.26 bits per heavy atom. The lowest BCUT2D eigenvalue weighted by atomic mass is 9.61. The van der Waals surface area contributed by atoms with Crippen molar-refractivity contribution in [2.45, 2.75) is 55.3 Å². The minimum Gasteiger partial charge on any atom is -0.375 e. The molecule has 140 valence electrons. The molecule has 0 unspecified atom stereocenters. The molecule has 5 aliphatic rings. The van der Waals surface area contributed by atoms with Crippen LogP contribution in [0.1, 0.15) is 54.6 Å². The zero-order valence-electron chi connectivity index (χ0n) is 15.2. The van der Waals surface area contributed by atoms with E-state index in [2.05, 4.69) is 17.2 Å². The summed E-state index contributed by atoms with van der Waals surface area (Å²) >= 11 is 0. The Morgan fingerprint density at radius 3 is 2.70 bits per heavy atom. The van der Waals surface area contributed by atoms with Gasteiger partial charge in [-0.05, 0) is 44.0 Å². The van der Waals surface area contributed by atoms with Gasteiger partial charge >= 0.3 is 0 Å². The van der Waals surface area contributed by atoms with E-state index < -0.39 is 5.60 Å². The number of pyridine rings is 1. The van der Waals surface area contributed by atoms with Crippen molar-refractivity contribution in [1.29, 1.82) is 0 Å². The summed E-state index contributed by atoms with van der Waals surface area (Å²) in [7, 11) is 0. The molecule has 3 aliphatic heterocycles. The molecule has 1 amide bonds. The molecule has 1 aromatic heterocycles. The van der Waals surface area contributed by atoms with Crippen LogP contribution >= 0.6 is 0 Å². The maximum atomic E-state index is 13.9. The van der Waals surface area contributed by atoms with Gasteiger partial charge in [0, 0.05) is 29.8 Å². The molecule has 0 atom stereocenters. The van der Waals surface area contributed by atoms with Crippen molar-refractivity contribution in [3.63, 3.8) is 0 Å². The van der Waals surface area contributed by atoms with Crippen LogP contribution in [-0.2, 0) is 9.47 Å². The van der Waals surface area contributed by atoms with Crippen molar-refractivity contribution in [1.82, 2.24) is 10.3 Å². The lowest BCUT2D eigenvalue weighted by Crippen LogP contribution is -2.71. The standard InChI is InChI=1S/C21H21FN2O3/c1-19-8-20(9-19,21(27-19)10-26-11-21)24-18(25)15-7-17(12-2-3-12)23-16-5-4-13(22)6-14(15)16/h4-7,12H,2-3,8-11H2,1H3,(H,24,25). The van der Waals surface area contributed by atoms with Crippen LogP contribution in [0.25, 0.3) is 10.9 Å². The number of fused-ring (bicyclic) bond motifs is 1. The van der Waals surface area contributed by atoms with E-state index in [-0.39, 0.29) is 22.9 Å². The summed E-state index contributed by atoms with van der Waals surface area (Å²) in [4.78, 5) is 18.0. The number of nitrogens with zero attached hydrogens (tertiary/aromatic N) is 1. The van der Waals surface area contributed by atoms with E-state index in [9.17, 15) is 9.18 Å². The molecule has 2 aromatic rings. The summed E-state index contributed by atoms with van der Waals surface area (Å²) in [5.41, 5.74) is 1.13. The maximum Gasteiger partial charge on any atom is 0.252 e. The van der Waals surface area contributed by atoms with Gasteiger partial charge in [0.15, 0.2) is 0 Å². The molecule has 1 N–H and O–H groups in total. The van der Waals surface area contributed by atoms with Crippen LogP contribution in [0.5, 0.6) is 0 Å². The summed E-state index contributed by atoms with van der Waals surface area (Å²) in [5.74, 6) is -0.119. The van der Waals surface area contributed by atoms with E-state index in [1.165, 1.54) is 12.1 Å². The molecule has 6 heteroatoms. The zero-order valence-corrected chi connectivity index (χ0v) is 15.2. The molecule has 2 saturated carbocycles. The van der Waals surface area contributed by atoms with Crippen LogP contribution in [0.2, 0.25) is 0 Å². The predicted octanol–water partition coefficient (Wildman–Crippen LogP) is 3.07. The highest BCUT2D eigenvalue weighted by molar-refractivity contribution is 6.06. The van der Waals surface area contributed by atoms with Crippen molar-refractivity contribution in [3.8, 4) is 0 Å². The van der Waals surface area contributed by atoms with Gasteiger partial charge in [0.1, 0.15) is 11.4 Å². The normalized spacial score (nSPS) is 33.0. The number of carbonyl (C=O) groups is 1. The van der Waals surface area contributed by atoms with Gasteiger partial charge in [-0.15, -0.1) is 0 Å². The topological polar surface area (TPSA) is 60.5 Å². The molecule has 2 aliphatic carbocycles. The van der Waals surface area contributed by atoms with Crippen molar-refractivity contribution < 1.29 is 18.7 Å². The zero-order chi connectivity index (χ0) is 18.4. The molecule has 4 heterocycles. The number of carbonyl (C=O) groups excluding carboxylic acids is 1. The van der Waals surface area contributed by atoms with Crippen molar-refractivity contribution in [3.05, 3.63) is 41.3 Å². The van der Waals surface area contributed by atoms with Crippen LogP contribution in [0.3, 0.4) is 0 Å². The van der Waals surface area contributed by atoms with Gasteiger partial charge in [0.2, 0.25) is 0 Å². The Balaban J connectivity index is 1.41. The predicted molar refractivity (Wildman–Crippen MR) is 96.1 cm³/mol. The average molecular weight is 368 g/mol.